The molecule has 0 rings (SSSR count). The van der Waals surface area contributed by atoms with E-state index in [9.17, 15) is 14.4 Å². The van der Waals surface area contributed by atoms with Crippen LogP contribution in [0.1, 0.15) is 304 Å². The van der Waals surface area contributed by atoms with Crippen LogP contribution in [-0.2, 0) is 28.6 Å². The third-order valence-electron chi connectivity index (χ3n) is 12.3. The van der Waals surface area contributed by atoms with Gasteiger partial charge in [-0.15, -0.1) is 0 Å². The van der Waals surface area contributed by atoms with Crippen molar-refractivity contribution in [1.82, 2.24) is 0 Å². The van der Waals surface area contributed by atoms with Gasteiger partial charge in [0.1, 0.15) is 13.2 Å². The van der Waals surface area contributed by atoms with Crippen LogP contribution in [0, 0.1) is 5.92 Å². The molecule has 0 bridgehead atoms. The van der Waals surface area contributed by atoms with Crippen LogP contribution < -0.4 is 0 Å². The second kappa shape index (κ2) is 48.4. The maximum absolute atomic E-state index is 12.8. The fourth-order valence-electron chi connectivity index (χ4n) is 8.22. The summed E-state index contributed by atoms with van der Waals surface area (Å²) >= 11 is 0. The van der Waals surface area contributed by atoms with Crippen LogP contribution in [0.5, 0.6) is 0 Å². The third-order valence-corrected chi connectivity index (χ3v) is 12.3. The Kier molecular flexibility index (Phi) is 47.2. The van der Waals surface area contributed by atoms with Crippen molar-refractivity contribution in [1.29, 1.82) is 0 Å². The molecule has 6 nitrogen and oxygen atoms in total. The Labute approximate surface area is 374 Å². The Morgan fingerprint density at radius 2 is 0.550 bits per heavy atom. The zero-order valence-corrected chi connectivity index (χ0v) is 40.9. The third kappa shape index (κ3) is 47.5. The molecular weight excluding hydrogens is 745 g/mol. The number of ether oxygens (including phenoxy) is 3. The molecule has 0 N–H and O–H groups in total. The quantitative estimate of drug-likeness (QED) is 0.0345. The largest absolute Gasteiger partial charge is 0.462 e. The molecule has 0 fully saturated rings. The van der Waals surface area contributed by atoms with E-state index in [4.69, 9.17) is 14.2 Å². The van der Waals surface area contributed by atoms with Crippen LogP contribution in [0.4, 0.5) is 0 Å². The van der Waals surface area contributed by atoms with Crippen LogP contribution in [0.3, 0.4) is 0 Å². The van der Waals surface area contributed by atoms with E-state index in [2.05, 4.69) is 27.7 Å². The summed E-state index contributed by atoms with van der Waals surface area (Å²) in [4.78, 5) is 37.9. The first-order chi connectivity index (χ1) is 29.4. The highest BCUT2D eigenvalue weighted by molar-refractivity contribution is 5.71. The number of hydrogen-bond acceptors (Lipinski definition) is 6. The van der Waals surface area contributed by atoms with Gasteiger partial charge < -0.3 is 14.2 Å². The number of unbranched alkanes of at least 4 members (excludes halogenated alkanes) is 36. The number of rotatable bonds is 49. The lowest BCUT2D eigenvalue weighted by Gasteiger charge is -2.18. The summed E-state index contributed by atoms with van der Waals surface area (Å²) < 4.78 is 16.8. The lowest BCUT2D eigenvalue weighted by molar-refractivity contribution is -0.167. The van der Waals surface area contributed by atoms with Crippen LogP contribution >= 0.6 is 0 Å². The highest BCUT2D eigenvalue weighted by Crippen LogP contribution is 2.17. The first kappa shape index (κ1) is 58.4. The van der Waals surface area contributed by atoms with E-state index < -0.39 is 6.10 Å². The smallest absolute Gasteiger partial charge is 0.306 e. The van der Waals surface area contributed by atoms with Crippen LogP contribution in [0.15, 0.2) is 0 Å². The van der Waals surface area contributed by atoms with E-state index in [0.717, 1.165) is 63.7 Å². The van der Waals surface area contributed by atoms with Crippen molar-refractivity contribution in [3.05, 3.63) is 0 Å². The van der Waals surface area contributed by atoms with Gasteiger partial charge >= 0.3 is 17.9 Å². The number of hydrogen-bond donors (Lipinski definition) is 0. The van der Waals surface area contributed by atoms with E-state index in [0.29, 0.717) is 19.3 Å². The summed E-state index contributed by atoms with van der Waals surface area (Å²) in [6, 6.07) is 0. The Hall–Kier alpha value is -1.59. The van der Waals surface area contributed by atoms with Crippen molar-refractivity contribution in [3.8, 4) is 0 Å². The first-order valence-electron chi connectivity index (χ1n) is 26.9. The van der Waals surface area contributed by atoms with E-state index in [-0.39, 0.29) is 31.1 Å². The van der Waals surface area contributed by atoms with Gasteiger partial charge in [-0.3, -0.25) is 14.4 Å². The van der Waals surface area contributed by atoms with Crippen molar-refractivity contribution in [3.63, 3.8) is 0 Å². The van der Waals surface area contributed by atoms with E-state index in [1.54, 1.807) is 0 Å². The monoisotopic (exact) mass is 849 g/mol. The van der Waals surface area contributed by atoms with Gasteiger partial charge in [-0.2, -0.15) is 0 Å². The second-order valence-corrected chi connectivity index (χ2v) is 19.0. The first-order valence-corrected chi connectivity index (χ1v) is 26.9. The average Bonchev–Trinajstić information content (AvgIpc) is 3.23. The van der Waals surface area contributed by atoms with E-state index in [1.165, 1.54) is 199 Å². The fourth-order valence-corrected chi connectivity index (χ4v) is 8.22. The molecule has 0 unspecified atom stereocenters. The molecular formula is C54H104O6. The molecule has 0 aromatic carbocycles. The average molecular weight is 849 g/mol. The Morgan fingerprint density at radius 3 is 0.817 bits per heavy atom. The molecule has 0 aliphatic heterocycles. The molecule has 0 aromatic heterocycles. The summed E-state index contributed by atoms with van der Waals surface area (Å²) in [7, 11) is 0. The summed E-state index contributed by atoms with van der Waals surface area (Å²) in [5.41, 5.74) is 0. The SMILES string of the molecule is CCCCCCCCCCCCCCCCC(=O)OC[C@@H](COC(=O)CCCCCCCCCCC)OC(=O)CCCCCCCCCCCCCCCCCCC(C)C. The van der Waals surface area contributed by atoms with Crippen LogP contribution in [0.25, 0.3) is 0 Å². The fraction of sp³-hybridized carbons (Fsp3) is 0.944. The predicted molar refractivity (Wildman–Crippen MR) is 257 cm³/mol. The summed E-state index contributed by atoms with van der Waals surface area (Å²) in [6.45, 7) is 9.03. The molecule has 356 valence electrons. The highest BCUT2D eigenvalue weighted by Gasteiger charge is 2.19. The lowest BCUT2D eigenvalue weighted by Crippen LogP contribution is -2.30. The van der Waals surface area contributed by atoms with Crippen molar-refractivity contribution in [2.45, 2.75) is 310 Å². The van der Waals surface area contributed by atoms with Crippen molar-refractivity contribution in [2.24, 2.45) is 5.92 Å². The minimum atomic E-state index is -0.760. The summed E-state index contributed by atoms with van der Waals surface area (Å²) in [5.74, 6) is 0.00813. The molecule has 0 saturated carbocycles. The van der Waals surface area contributed by atoms with Gasteiger partial charge in [-0.05, 0) is 25.2 Å². The second-order valence-electron chi connectivity index (χ2n) is 19.0. The van der Waals surface area contributed by atoms with Crippen LogP contribution in [-0.4, -0.2) is 37.2 Å². The van der Waals surface area contributed by atoms with Gasteiger partial charge in [0.05, 0.1) is 0 Å². The Balaban J connectivity index is 4.23. The molecule has 0 heterocycles. The van der Waals surface area contributed by atoms with Gasteiger partial charge in [0, 0.05) is 19.3 Å². The molecule has 0 saturated heterocycles. The lowest BCUT2D eigenvalue weighted by atomic mass is 10.0. The number of carbonyl (C=O) groups is 3. The zero-order chi connectivity index (χ0) is 43.8. The van der Waals surface area contributed by atoms with Crippen molar-refractivity contribution in [2.75, 3.05) is 13.2 Å². The standard InChI is InChI=1S/C54H104O6/c1-5-7-9-11-13-15-16-17-23-26-30-34-38-42-46-53(56)59-49-51(48-58-52(55)45-41-37-33-28-14-12-10-8-6-2)60-54(57)47-43-39-35-31-27-24-21-19-18-20-22-25-29-32-36-40-44-50(3)4/h50-51H,5-49H2,1-4H3/t51-/m1/s1. The minimum absolute atomic E-state index is 0.0624. The Morgan fingerprint density at radius 1 is 0.317 bits per heavy atom. The van der Waals surface area contributed by atoms with Crippen molar-refractivity contribution < 1.29 is 28.6 Å². The minimum Gasteiger partial charge on any atom is -0.462 e. The molecule has 0 spiro atoms. The zero-order valence-electron chi connectivity index (χ0n) is 40.9. The topological polar surface area (TPSA) is 78.9 Å². The molecule has 6 heteroatoms. The van der Waals surface area contributed by atoms with E-state index >= 15 is 0 Å². The number of esters is 3. The highest BCUT2D eigenvalue weighted by atomic mass is 16.6. The van der Waals surface area contributed by atoms with Crippen LogP contribution in [0.2, 0.25) is 0 Å². The maximum Gasteiger partial charge on any atom is 0.306 e. The Bertz CT molecular complexity index is 903. The van der Waals surface area contributed by atoms with Gasteiger partial charge in [0.25, 0.3) is 0 Å². The molecule has 0 amide bonds. The van der Waals surface area contributed by atoms with Gasteiger partial charge in [0.2, 0.25) is 0 Å². The molecule has 60 heavy (non-hydrogen) atoms. The van der Waals surface area contributed by atoms with E-state index in [1.807, 2.05) is 0 Å². The molecule has 0 aromatic rings. The van der Waals surface area contributed by atoms with Crippen molar-refractivity contribution >= 4 is 17.9 Å². The molecule has 0 aliphatic carbocycles. The molecule has 1 atom stereocenters. The molecule has 0 aliphatic rings. The number of carbonyl (C=O) groups excluding carboxylic acids is 3. The predicted octanol–water partition coefficient (Wildman–Crippen LogP) is 17.5. The van der Waals surface area contributed by atoms with Gasteiger partial charge in [0.15, 0.2) is 6.10 Å². The summed E-state index contributed by atoms with van der Waals surface area (Å²) in [6.07, 6.45) is 50.9. The summed E-state index contributed by atoms with van der Waals surface area (Å²) in [5, 5.41) is 0. The molecule has 0 radical (unpaired) electrons. The van der Waals surface area contributed by atoms with Gasteiger partial charge in [-0.1, -0.05) is 265 Å². The van der Waals surface area contributed by atoms with Gasteiger partial charge in [-0.25, -0.2) is 0 Å². The maximum atomic E-state index is 12.8. The normalized spacial score (nSPS) is 11.9.